The van der Waals surface area contributed by atoms with E-state index in [2.05, 4.69) is 15.4 Å². The molecule has 1 fully saturated rings. The topological polar surface area (TPSA) is 72.3 Å². The molecule has 1 unspecified atom stereocenters. The third-order valence-corrected chi connectivity index (χ3v) is 5.22. The van der Waals surface area contributed by atoms with E-state index in [9.17, 15) is 4.79 Å². The van der Waals surface area contributed by atoms with Crippen LogP contribution in [0.4, 0.5) is 0 Å². The Morgan fingerprint density at radius 2 is 1.94 bits per heavy atom. The zero-order valence-electron chi connectivity index (χ0n) is 17.7. The lowest BCUT2D eigenvalue weighted by molar-refractivity contribution is 0.0631. The van der Waals surface area contributed by atoms with Crippen LogP contribution in [0.25, 0.3) is 5.82 Å². The number of carbonyl (C=O) groups excluding carboxylic acids is 1. The number of aromatic nitrogens is 3. The fourth-order valence-corrected chi connectivity index (χ4v) is 3.83. The van der Waals surface area contributed by atoms with Crippen molar-refractivity contribution in [3.8, 4) is 11.6 Å². The summed E-state index contributed by atoms with van der Waals surface area (Å²) in [5, 5.41) is 7.84. The number of pyridine rings is 1. The van der Waals surface area contributed by atoms with Crippen molar-refractivity contribution in [2.45, 2.75) is 19.9 Å². The molecule has 1 saturated heterocycles. The molecule has 0 aliphatic carbocycles. The molecular formula is C22H27Cl2N5O2. The van der Waals surface area contributed by atoms with Crippen molar-refractivity contribution in [2.75, 3.05) is 26.7 Å². The first-order valence-corrected chi connectivity index (χ1v) is 9.73. The van der Waals surface area contributed by atoms with Gasteiger partial charge in [0.15, 0.2) is 5.82 Å². The summed E-state index contributed by atoms with van der Waals surface area (Å²) in [6.07, 6.45) is 1.63. The maximum absolute atomic E-state index is 13.3. The summed E-state index contributed by atoms with van der Waals surface area (Å²) in [5.74, 6) is 1.46. The van der Waals surface area contributed by atoms with Crippen LogP contribution in [-0.4, -0.2) is 52.3 Å². The second-order valence-electron chi connectivity index (χ2n) is 7.20. The largest absolute Gasteiger partial charge is 0.496 e. The van der Waals surface area contributed by atoms with E-state index in [1.807, 2.05) is 61.2 Å². The van der Waals surface area contributed by atoms with Crippen molar-refractivity contribution in [2.24, 2.45) is 0 Å². The molecule has 1 aliphatic rings. The number of hydrogen-bond acceptors (Lipinski definition) is 5. The highest BCUT2D eigenvalue weighted by Gasteiger charge is 2.30. The summed E-state index contributed by atoms with van der Waals surface area (Å²) >= 11 is 0. The molecule has 0 saturated carbocycles. The van der Waals surface area contributed by atoms with Gasteiger partial charge in [-0.05, 0) is 38.1 Å². The minimum Gasteiger partial charge on any atom is -0.496 e. The fourth-order valence-electron chi connectivity index (χ4n) is 3.83. The van der Waals surface area contributed by atoms with Crippen LogP contribution in [0.3, 0.4) is 0 Å². The molecule has 1 aliphatic heterocycles. The number of methoxy groups -OCH3 is 1. The minimum atomic E-state index is -0.0944. The van der Waals surface area contributed by atoms with E-state index in [0.717, 1.165) is 29.2 Å². The summed E-state index contributed by atoms with van der Waals surface area (Å²) in [6, 6.07) is 13.4. The number of amides is 1. The molecule has 4 rings (SSSR count). The van der Waals surface area contributed by atoms with Crippen LogP contribution in [0.15, 0.2) is 48.7 Å². The van der Waals surface area contributed by atoms with Crippen LogP contribution < -0.4 is 10.1 Å². The lowest BCUT2D eigenvalue weighted by Crippen LogP contribution is -2.48. The number of nitrogens with zero attached hydrogens (tertiary/aromatic N) is 4. The Labute approximate surface area is 194 Å². The number of para-hydroxylation sites is 1. The van der Waals surface area contributed by atoms with E-state index < -0.39 is 0 Å². The molecule has 0 spiro atoms. The number of benzene rings is 1. The Kier molecular flexibility index (Phi) is 8.44. The van der Waals surface area contributed by atoms with Crippen LogP contribution in [0.1, 0.15) is 33.4 Å². The Bertz CT molecular complexity index is 1020. The number of rotatable bonds is 4. The maximum Gasteiger partial charge on any atom is 0.256 e. The number of aryl methyl sites for hydroxylation is 2. The van der Waals surface area contributed by atoms with E-state index in [0.29, 0.717) is 24.5 Å². The van der Waals surface area contributed by atoms with Gasteiger partial charge in [-0.2, -0.15) is 5.10 Å². The standard InChI is InChI=1S/C22H25N5O2.2ClH/c1-15-12-16(2)27(25-15)21-9-8-17(13-24-21)22(28)26-11-10-23-14-19(26)18-6-4-5-7-20(18)29-3;;/h4-9,12-13,19,23H,10-11,14H2,1-3H3;2*1H. The number of ether oxygens (including phenoxy) is 1. The quantitative estimate of drug-likeness (QED) is 0.640. The van der Waals surface area contributed by atoms with Gasteiger partial charge >= 0.3 is 0 Å². The van der Waals surface area contributed by atoms with Gasteiger partial charge in [0, 0.05) is 37.1 Å². The van der Waals surface area contributed by atoms with E-state index in [-0.39, 0.29) is 36.8 Å². The molecule has 1 amide bonds. The maximum atomic E-state index is 13.3. The van der Waals surface area contributed by atoms with Crippen molar-refractivity contribution in [3.63, 3.8) is 0 Å². The van der Waals surface area contributed by atoms with Crippen LogP contribution in [0, 0.1) is 13.8 Å². The average Bonchev–Trinajstić information content (AvgIpc) is 3.11. The fraction of sp³-hybridized carbons (Fsp3) is 0.318. The van der Waals surface area contributed by atoms with E-state index in [4.69, 9.17) is 4.74 Å². The van der Waals surface area contributed by atoms with Gasteiger partial charge < -0.3 is 15.0 Å². The smallest absolute Gasteiger partial charge is 0.256 e. The first-order valence-electron chi connectivity index (χ1n) is 9.73. The van der Waals surface area contributed by atoms with E-state index in [1.54, 1.807) is 18.0 Å². The Morgan fingerprint density at radius 3 is 2.58 bits per heavy atom. The average molecular weight is 464 g/mol. The van der Waals surface area contributed by atoms with Crippen LogP contribution >= 0.6 is 24.8 Å². The Hall–Kier alpha value is -2.61. The number of nitrogens with one attached hydrogen (secondary N) is 1. The third-order valence-electron chi connectivity index (χ3n) is 5.22. The SMILES string of the molecule is COc1ccccc1C1CNCCN1C(=O)c1ccc(-n2nc(C)cc2C)nc1.Cl.Cl. The van der Waals surface area contributed by atoms with Crippen molar-refractivity contribution in [1.29, 1.82) is 0 Å². The Balaban J connectivity index is 0.00000171. The lowest BCUT2D eigenvalue weighted by atomic mass is 10.0. The van der Waals surface area contributed by atoms with Gasteiger partial charge in [0.05, 0.1) is 24.4 Å². The number of piperazine rings is 1. The molecule has 0 radical (unpaired) electrons. The first-order chi connectivity index (χ1) is 14.1. The predicted octanol–water partition coefficient (Wildman–Crippen LogP) is 3.52. The van der Waals surface area contributed by atoms with Crippen molar-refractivity contribution in [3.05, 3.63) is 71.2 Å². The van der Waals surface area contributed by atoms with Gasteiger partial charge in [0.2, 0.25) is 0 Å². The molecule has 0 bridgehead atoms. The molecule has 7 nitrogen and oxygen atoms in total. The molecule has 166 valence electrons. The van der Waals surface area contributed by atoms with E-state index >= 15 is 0 Å². The number of hydrogen-bond donors (Lipinski definition) is 1. The zero-order chi connectivity index (χ0) is 20.4. The molecular weight excluding hydrogens is 437 g/mol. The molecule has 1 aromatic carbocycles. The van der Waals surface area contributed by atoms with Crippen LogP contribution in [-0.2, 0) is 0 Å². The van der Waals surface area contributed by atoms with Crippen LogP contribution in [0.2, 0.25) is 0 Å². The van der Waals surface area contributed by atoms with Crippen molar-refractivity contribution in [1.82, 2.24) is 25.0 Å². The summed E-state index contributed by atoms with van der Waals surface area (Å²) < 4.78 is 7.31. The van der Waals surface area contributed by atoms with Gasteiger partial charge in [0.25, 0.3) is 5.91 Å². The Morgan fingerprint density at radius 1 is 1.16 bits per heavy atom. The summed E-state index contributed by atoms with van der Waals surface area (Å²) in [5.41, 5.74) is 3.51. The van der Waals surface area contributed by atoms with Crippen molar-refractivity contribution < 1.29 is 9.53 Å². The summed E-state index contributed by atoms with van der Waals surface area (Å²) in [6.45, 7) is 6.00. The summed E-state index contributed by atoms with van der Waals surface area (Å²) in [4.78, 5) is 19.7. The van der Waals surface area contributed by atoms with Gasteiger partial charge in [-0.3, -0.25) is 4.79 Å². The van der Waals surface area contributed by atoms with Gasteiger partial charge in [-0.25, -0.2) is 9.67 Å². The highest BCUT2D eigenvalue weighted by Crippen LogP contribution is 2.31. The normalized spacial score (nSPS) is 15.6. The van der Waals surface area contributed by atoms with E-state index in [1.165, 1.54) is 0 Å². The third kappa shape index (κ3) is 5.01. The molecule has 2 aromatic heterocycles. The summed E-state index contributed by atoms with van der Waals surface area (Å²) in [7, 11) is 1.66. The molecule has 1 N–H and O–H groups in total. The first kappa shape index (κ1) is 24.7. The second-order valence-corrected chi connectivity index (χ2v) is 7.20. The molecule has 31 heavy (non-hydrogen) atoms. The van der Waals surface area contributed by atoms with Crippen LogP contribution in [0.5, 0.6) is 5.75 Å². The van der Waals surface area contributed by atoms with Gasteiger partial charge in [-0.15, -0.1) is 24.8 Å². The molecule has 3 aromatic rings. The second kappa shape index (κ2) is 10.6. The van der Waals surface area contributed by atoms with Gasteiger partial charge in [-0.1, -0.05) is 18.2 Å². The predicted molar refractivity (Wildman–Crippen MR) is 125 cm³/mol. The molecule has 1 atom stereocenters. The molecule has 3 heterocycles. The molecule has 9 heteroatoms. The minimum absolute atomic E-state index is 0. The highest BCUT2D eigenvalue weighted by atomic mass is 35.5. The van der Waals surface area contributed by atoms with Gasteiger partial charge in [0.1, 0.15) is 5.75 Å². The number of carbonyl (C=O) groups is 1. The monoisotopic (exact) mass is 463 g/mol. The lowest BCUT2D eigenvalue weighted by Gasteiger charge is -2.37. The number of halogens is 2. The highest BCUT2D eigenvalue weighted by molar-refractivity contribution is 5.94. The zero-order valence-corrected chi connectivity index (χ0v) is 19.4. The van der Waals surface area contributed by atoms with Crippen molar-refractivity contribution >= 4 is 30.7 Å².